The first-order chi connectivity index (χ1) is 12.1. The number of para-hydroxylation sites is 1. The molecule has 2 unspecified atom stereocenters. The molecule has 2 atom stereocenters. The SMILES string of the molecule is CN(CC1CCCCC1O)C(=O)NCCCc1c[nH]c2ccccc12. The van der Waals surface area contributed by atoms with Crippen molar-refractivity contribution in [2.45, 2.75) is 44.6 Å². The van der Waals surface area contributed by atoms with Gasteiger partial charge in [0.1, 0.15) is 0 Å². The number of aryl methyl sites for hydroxylation is 1. The molecular weight excluding hydrogens is 314 g/mol. The van der Waals surface area contributed by atoms with Gasteiger partial charge in [-0.25, -0.2) is 4.79 Å². The smallest absolute Gasteiger partial charge is 0.317 e. The van der Waals surface area contributed by atoms with Crippen molar-refractivity contribution < 1.29 is 9.90 Å². The van der Waals surface area contributed by atoms with Crippen LogP contribution in [0.2, 0.25) is 0 Å². The highest BCUT2D eigenvalue weighted by Crippen LogP contribution is 2.24. The van der Waals surface area contributed by atoms with Crippen LogP contribution in [0.25, 0.3) is 10.9 Å². The number of aliphatic hydroxyl groups is 1. The minimum Gasteiger partial charge on any atom is -0.393 e. The molecule has 0 aliphatic heterocycles. The maximum atomic E-state index is 12.2. The highest BCUT2D eigenvalue weighted by atomic mass is 16.3. The van der Waals surface area contributed by atoms with Gasteiger partial charge in [-0.2, -0.15) is 0 Å². The molecule has 1 fully saturated rings. The summed E-state index contributed by atoms with van der Waals surface area (Å²) in [4.78, 5) is 17.2. The quantitative estimate of drug-likeness (QED) is 0.705. The molecule has 1 saturated carbocycles. The van der Waals surface area contributed by atoms with E-state index in [2.05, 4.69) is 34.7 Å². The van der Waals surface area contributed by atoms with Crippen LogP contribution in [0.5, 0.6) is 0 Å². The lowest BCUT2D eigenvalue weighted by Crippen LogP contribution is -2.43. The molecule has 2 amide bonds. The van der Waals surface area contributed by atoms with Gasteiger partial charge in [0.2, 0.25) is 0 Å². The van der Waals surface area contributed by atoms with Gasteiger partial charge >= 0.3 is 6.03 Å². The van der Waals surface area contributed by atoms with Gasteiger partial charge in [0, 0.05) is 43.2 Å². The number of H-pyrrole nitrogens is 1. The Hall–Kier alpha value is -2.01. The zero-order valence-electron chi connectivity index (χ0n) is 15.0. The summed E-state index contributed by atoms with van der Waals surface area (Å²) < 4.78 is 0. The fourth-order valence-electron chi connectivity index (χ4n) is 3.78. The summed E-state index contributed by atoms with van der Waals surface area (Å²) in [6.45, 7) is 1.30. The fraction of sp³-hybridized carbons (Fsp3) is 0.550. The Morgan fingerprint density at radius 3 is 2.96 bits per heavy atom. The van der Waals surface area contributed by atoms with E-state index < -0.39 is 0 Å². The molecule has 136 valence electrons. The van der Waals surface area contributed by atoms with Crippen molar-refractivity contribution in [3.8, 4) is 0 Å². The van der Waals surface area contributed by atoms with Crippen molar-refractivity contribution in [2.75, 3.05) is 20.1 Å². The van der Waals surface area contributed by atoms with E-state index in [1.807, 2.05) is 13.1 Å². The zero-order valence-corrected chi connectivity index (χ0v) is 15.0. The third-order valence-corrected chi connectivity index (χ3v) is 5.30. The van der Waals surface area contributed by atoms with E-state index in [0.717, 1.165) is 44.0 Å². The highest BCUT2D eigenvalue weighted by molar-refractivity contribution is 5.83. The Kier molecular flexibility index (Phi) is 5.97. The van der Waals surface area contributed by atoms with Crippen molar-refractivity contribution >= 4 is 16.9 Å². The van der Waals surface area contributed by atoms with Crippen LogP contribution in [-0.4, -0.2) is 47.3 Å². The maximum absolute atomic E-state index is 12.2. The summed E-state index contributed by atoms with van der Waals surface area (Å²) in [5.74, 6) is 0.218. The standard InChI is InChI=1S/C20H29N3O2/c1-23(14-16-7-2-5-11-19(16)24)20(25)21-12-6-8-15-13-22-18-10-4-3-9-17(15)18/h3-4,9-10,13,16,19,22,24H,2,5-8,11-12,14H2,1H3,(H,21,25). The van der Waals surface area contributed by atoms with E-state index in [9.17, 15) is 9.90 Å². The lowest BCUT2D eigenvalue weighted by Gasteiger charge is -2.31. The Bertz CT molecular complexity index is 697. The number of carbonyl (C=O) groups is 1. The minimum atomic E-state index is -0.258. The van der Waals surface area contributed by atoms with Crippen LogP contribution < -0.4 is 5.32 Å². The van der Waals surface area contributed by atoms with E-state index in [1.54, 1.807) is 4.90 Å². The van der Waals surface area contributed by atoms with E-state index >= 15 is 0 Å². The van der Waals surface area contributed by atoms with Gasteiger partial charge in [-0.15, -0.1) is 0 Å². The van der Waals surface area contributed by atoms with Gasteiger partial charge in [0.25, 0.3) is 0 Å². The van der Waals surface area contributed by atoms with Gasteiger partial charge in [-0.1, -0.05) is 31.0 Å². The van der Waals surface area contributed by atoms with E-state index in [1.165, 1.54) is 10.9 Å². The monoisotopic (exact) mass is 343 g/mol. The first kappa shape index (κ1) is 17.8. The van der Waals surface area contributed by atoms with Crippen LogP contribution in [0.4, 0.5) is 4.79 Å². The first-order valence-electron chi connectivity index (χ1n) is 9.37. The maximum Gasteiger partial charge on any atom is 0.317 e. The van der Waals surface area contributed by atoms with Crippen molar-refractivity contribution in [3.05, 3.63) is 36.0 Å². The number of amides is 2. The predicted octanol–water partition coefficient (Wildman–Crippen LogP) is 3.29. The van der Waals surface area contributed by atoms with Crippen molar-refractivity contribution in [1.82, 2.24) is 15.2 Å². The number of aromatic amines is 1. The average Bonchev–Trinajstić information content (AvgIpc) is 3.03. The van der Waals surface area contributed by atoms with E-state index in [0.29, 0.717) is 13.1 Å². The summed E-state index contributed by atoms with van der Waals surface area (Å²) >= 11 is 0. The second-order valence-corrected chi connectivity index (χ2v) is 7.19. The van der Waals surface area contributed by atoms with Crippen LogP contribution >= 0.6 is 0 Å². The number of hydrogen-bond acceptors (Lipinski definition) is 2. The molecule has 0 spiro atoms. The summed E-state index contributed by atoms with van der Waals surface area (Å²) in [5.41, 5.74) is 2.45. The molecule has 1 aromatic carbocycles. The molecule has 1 aromatic heterocycles. The molecule has 3 N–H and O–H groups in total. The summed E-state index contributed by atoms with van der Waals surface area (Å²) in [6, 6.07) is 8.24. The Balaban J connectivity index is 1.40. The number of aromatic nitrogens is 1. The number of nitrogens with one attached hydrogen (secondary N) is 2. The fourth-order valence-corrected chi connectivity index (χ4v) is 3.78. The van der Waals surface area contributed by atoms with Crippen LogP contribution in [0, 0.1) is 5.92 Å². The summed E-state index contributed by atoms with van der Waals surface area (Å²) in [6.07, 6.45) is 7.78. The molecular formula is C20H29N3O2. The summed E-state index contributed by atoms with van der Waals surface area (Å²) in [5, 5.41) is 14.3. The normalized spacial score (nSPS) is 20.6. The Labute approximate surface area is 149 Å². The second kappa shape index (κ2) is 8.39. The molecule has 2 aromatic rings. The molecule has 0 saturated heterocycles. The second-order valence-electron chi connectivity index (χ2n) is 7.19. The molecule has 5 heteroatoms. The molecule has 25 heavy (non-hydrogen) atoms. The first-order valence-corrected chi connectivity index (χ1v) is 9.37. The number of nitrogens with zero attached hydrogens (tertiary/aromatic N) is 1. The molecule has 0 radical (unpaired) electrons. The number of aliphatic hydroxyl groups excluding tert-OH is 1. The number of benzene rings is 1. The number of carbonyl (C=O) groups excluding carboxylic acids is 1. The predicted molar refractivity (Wildman–Crippen MR) is 101 cm³/mol. The lowest BCUT2D eigenvalue weighted by atomic mass is 9.86. The van der Waals surface area contributed by atoms with Crippen LogP contribution in [0.3, 0.4) is 0 Å². The van der Waals surface area contributed by atoms with Gasteiger partial charge in [-0.3, -0.25) is 0 Å². The van der Waals surface area contributed by atoms with Crippen LogP contribution in [0.15, 0.2) is 30.5 Å². The highest BCUT2D eigenvalue weighted by Gasteiger charge is 2.25. The molecule has 3 rings (SSSR count). The van der Waals surface area contributed by atoms with Gasteiger partial charge in [0.05, 0.1) is 6.10 Å². The summed E-state index contributed by atoms with van der Waals surface area (Å²) in [7, 11) is 1.82. The number of urea groups is 1. The van der Waals surface area contributed by atoms with E-state index in [-0.39, 0.29) is 18.1 Å². The molecule has 1 heterocycles. The van der Waals surface area contributed by atoms with Crippen LogP contribution in [-0.2, 0) is 6.42 Å². The Morgan fingerprint density at radius 2 is 2.12 bits per heavy atom. The largest absolute Gasteiger partial charge is 0.393 e. The minimum absolute atomic E-state index is 0.0447. The third kappa shape index (κ3) is 4.54. The Morgan fingerprint density at radius 1 is 1.32 bits per heavy atom. The van der Waals surface area contributed by atoms with Crippen molar-refractivity contribution in [3.63, 3.8) is 0 Å². The number of rotatable bonds is 6. The number of hydrogen-bond donors (Lipinski definition) is 3. The van der Waals surface area contributed by atoms with Gasteiger partial charge in [0.15, 0.2) is 0 Å². The molecule has 1 aliphatic carbocycles. The topological polar surface area (TPSA) is 68.4 Å². The lowest BCUT2D eigenvalue weighted by molar-refractivity contribution is 0.0565. The molecule has 0 bridgehead atoms. The molecule has 1 aliphatic rings. The van der Waals surface area contributed by atoms with Gasteiger partial charge < -0.3 is 20.3 Å². The van der Waals surface area contributed by atoms with Crippen molar-refractivity contribution in [1.29, 1.82) is 0 Å². The number of fused-ring (bicyclic) bond motifs is 1. The van der Waals surface area contributed by atoms with E-state index in [4.69, 9.17) is 0 Å². The van der Waals surface area contributed by atoms with Crippen molar-refractivity contribution in [2.24, 2.45) is 5.92 Å². The third-order valence-electron chi connectivity index (χ3n) is 5.30. The average molecular weight is 343 g/mol. The van der Waals surface area contributed by atoms with Crippen LogP contribution in [0.1, 0.15) is 37.7 Å². The molecule has 5 nitrogen and oxygen atoms in total. The van der Waals surface area contributed by atoms with Gasteiger partial charge in [-0.05, 0) is 37.3 Å². The zero-order chi connectivity index (χ0) is 17.6.